The maximum Gasteiger partial charge on any atom is 0.144 e. The lowest BCUT2D eigenvalue weighted by Gasteiger charge is -2.38. The van der Waals surface area contributed by atoms with Crippen molar-refractivity contribution in [1.29, 1.82) is 0 Å². The number of hydrogen-bond acceptors (Lipinski definition) is 3. The molecule has 3 nitrogen and oxygen atoms in total. The first kappa shape index (κ1) is 14.2. The van der Waals surface area contributed by atoms with Crippen LogP contribution in [0, 0.1) is 0 Å². The minimum Gasteiger partial charge on any atom is -0.378 e. The number of morpholine rings is 1. The predicted molar refractivity (Wildman–Crippen MR) is 69.6 cm³/mol. The highest BCUT2D eigenvalue weighted by Crippen LogP contribution is 2.31. The van der Waals surface area contributed by atoms with Crippen LogP contribution in [0.25, 0.3) is 0 Å². The molecule has 18 heavy (non-hydrogen) atoms. The zero-order chi connectivity index (χ0) is 13.4. The van der Waals surface area contributed by atoms with Gasteiger partial charge >= 0.3 is 0 Å². The van der Waals surface area contributed by atoms with Crippen LogP contribution in [0.2, 0.25) is 0 Å². The number of ether oxygens (including phenoxy) is 2. The van der Waals surface area contributed by atoms with Crippen molar-refractivity contribution in [3.05, 3.63) is 0 Å². The van der Waals surface area contributed by atoms with Gasteiger partial charge in [0.25, 0.3) is 0 Å². The average molecular weight is 259 g/mol. The van der Waals surface area contributed by atoms with Gasteiger partial charge in [-0.1, -0.05) is 0 Å². The third-order valence-electron chi connectivity index (χ3n) is 3.71. The lowest BCUT2D eigenvalue weighted by Crippen LogP contribution is -2.52. The van der Waals surface area contributed by atoms with Crippen molar-refractivity contribution in [2.75, 3.05) is 26.4 Å². The number of fused-ring (bicyclic) bond motifs is 2. The number of hydrogen-bond donors (Lipinski definition) is 0. The van der Waals surface area contributed by atoms with E-state index in [0.29, 0.717) is 18.6 Å². The summed E-state index contributed by atoms with van der Waals surface area (Å²) in [5, 5.41) is 0. The SMILES string of the molecule is CC(C)(C)OC[C@@](C)(F)CN1C2CCC1COC2. The molecule has 2 aliphatic heterocycles. The minimum absolute atomic E-state index is 0.160. The van der Waals surface area contributed by atoms with E-state index in [0.717, 1.165) is 26.1 Å². The highest BCUT2D eigenvalue weighted by molar-refractivity contribution is 4.94. The van der Waals surface area contributed by atoms with Crippen molar-refractivity contribution >= 4 is 0 Å². The van der Waals surface area contributed by atoms with Crippen LogP contribution in [-0.2, 0) is 9.47 Å². The van der Waals surface area contributed by atoms with E-state index in [1.165, 1.54) is 0 Å². The van der Waals surface area contributed by atoms with Gasteiger partial charge in [-0.2, -0.15) is 0 Å². The highest BCUT2D eigenvalue weighted by Gasteiger charge is 2.41. The van der Waals surface area contributed by atoms with Gasteiger partial charge in [0.1, 0.15) is 5.67 Å². The lowest BCUT2D eigenvalue weighted by molar-refractivity contribution is -0.0877. The Kier molecular flexibility index (Phi) is 4.00. The summed E-state index contributed by atoms with van der Waals surface area (Å²) < 4.78 is 25.7. The molecular weight excluding hydrogens is 233 g/mol. The van der Waals surface area contributed by atoms with Crippen LogP contribution in [0.15, 0.2) is 0 Å². The minimum atomic E-state index is -1.29. The second kappa shape index (κ2) is 5.06. The molecule has 0 spiro atoms. The molecule has 4 heteroatoms. The zero-order valence-corrected chi connectivity index (χ0v) is 12.0. The van der Waals surface area contributed by atoms with E-state index >= 15 is 0 Å². The van der Waals surface area contributed by atoms with Gasteiger partial charge < -0.3 is 9.47 Å². The quantitative estimate of drug-likeness (QED) is 0.774. The van der Waals surface area contributed by atoms with Crippen molar-refractivity contribution in [3.8, 4) is 0 Å². The first-order chi connectivity index (χ1) is 8.27. The maximum absolute atomic E-state index is 14.6. The van der Waals surface area contributed by atoms with Gasteiger partial charge in [0.2, 0.25) is 0 Å². The standard InChI is InChI=1S/C14H26FNO2/c1-13(2,3)18-10-14(4,15)9-16-11-5-6-12(16)8-17-7-11/h11-12H,5-10H2,1-4H3/t11?,12?,14-/m0/s1. The molecule has 2 rings (SSSR count). The normalized spacial score (nSPS) is 32.5. The Balaban J connectivity index is 1.87. The summed E-state index contributed by atoms with van der Waals surface area (Å²) >= 11 is 0. The van der Waals surface area contributed by atoms with E-state index in [4.69, 9.17) is 9.47 Å². The molecule has 2 unspecified atom stereocenters. The molecule has 0 N–H and O–H groups in total. The molecule has 2 fully saturated rings. The van der Waals surface area contributed by atoms with Crippen LogP contribution in [0.5, 0.6) is 0 Å². The first-order valence-corrected chi connectivity index (χ1v) is 6.93. The fraction of sp³-hybridized carbons (Fsp3) is 1.00. The van der Waals surface area contributed by atoms with Crippen molar-refractivity contribution in [2.45, 2.75) is 63.9 Å². The van der Waals surface area contributed by atoms with E-state index in [1.807, 2.05) is 20.8 Å². The van der Waals surface area contributed by atoms with Crippen molar-refractivity contribution < 1.29 is 13.9 Å². The summed E-state index contributed by atoms with van der Waals surface area (Å²) in [4.78, 5) is 2.29. The smallest absolute Gasteiger partial charge is 0.144 e. The van der Waals surface area contributed by atoms with Gasteiger partial charge in [-0.15, -0.1) is 0 Å². The predicted octanol–water partition coefficient (Wildman–Crippen LogP) is 2.39. The van der Waals surface area contributed by atoms with Crippen LogP contribution >= 0.6 is 0 Å². The van der Waals surface area contributed by atoms with E-state index in [-0.39, 0.29) is 12.2 Å². The van der Waals surface area contributed by atoms with Gasteiger partial charge in [-0.25, -0.2) is 4.39 Å². The van der Waals surface area contributed by atoms with E-state index in [2.05, 4.69) is 4.90 Å². The van der Waals surface area contributed by atoms with Crippen LogP contribution in [0.4, 0.5) is 4.39 Å². The average Bonchev–Trinajstić information content (AvgIpc) is 2.50. The Hall–Kier alpha value is -0.190. The van der Waals surface area contributed by atoms with Gasteiger partial charge in [0.05, 0.1) is 25.4 Å². The second-order valence-electron chi connectivity index (χ2n) is 6.91. The largest absolute Gasteiger partial charge is 0.378 e. The number of rotatable bonds is 4. The molecule has 2 heterocycles. The summed E-state index contributed by atoms with van der Waals surface area (Å²) in [7, 11) is 0. The molecule has 0 aliphatic carbocycles. The van der Waals surface area contributed by atoms with Gasteiger partial charge in [0, 0.05) is 18.6 Å². The molecule has 2 aliphatic rings. The van der Waals surface area contributed by atoms with Crippen molar-refractivity contribution in [2.24, 2.45) is 0 Å². The molecule has 2 bridgehead atoms. The van der Waals surface area contributed by atoms with Crippen LogP contribution < -0.4 is 0 Å². The Morgan fingerprint density at radius 3 is 2.22 bits per heavy atom. The van der Waals surface area contributed by atoms with Crippen LogP contribution in [0.3, 0.4) is 0 Å². The molecule has 106 valence electrons. The van der Waals surface area contributed by atoms with Crippen LogP contribution in [0.1, 0.15) is 40.5 Å². The van der Waals surface area contributed by atoms with E-state index < -0.39 is 5.67 Å². The Bertz CT molecular complexity index is 272. The summed E-state index contributed by atoms with van der Waals surface area (Å²) in [6.45, 7) is 9.66. The van der Waals surface area contributed by atoms with Crippen LogP contribution in [-0.4, -0.2) is 54.6 Å². The molecule has 0 aromatic heterocycles. The van der Waals surface area contributed by atoms with E-state index in [1.54, 1.807) is 6.92 Å². The fourth-order valence-corrected chi connectivity index (χ4v) is 2.76. The Morgan fingerprint density at radius 2 is 1.72 bits per heavy atom. The first-order valence-electron chi connectivity index (χ1n) is 6.93. The molecule has 0 radical (unpaired) electrons. The van der Waals surface area contributed by atoms with Crippen molar-refractivity contribution in [3.63, 3.8) is 0 Å². The zero-order valence-electron chi connectivity index (χ0n) is 12.0. The summed E-state index contributed by atoms with van der Waals surface area (Å²) in [6.07, 6.45) is 2.28. The van der Waals surface area contributed by atoms with Gasteiger partial charge in [-0.05, 0) is 40.5 Å². The Morgan fingerprint density at radius 1 is 1.17 bits per heavy atom. The molecule has 0 aromatic carbocycles. The Labute approximate surface area is 110 Å². The third-order valence-corrected chi connectivity index (χ3v) is 3.71. The van der Waals surface area contributed by atoms with Crippen molar-refractivity contribution in [1.82, 2.24) is 4.90 Å². The molecular formula is C14H26FNO2. The summed E-state index contributed by atoms with van der Waals surface area (Å²) in [5.74, 6) is 0. The fourth-order valence-electron chi connectivity index (χ4n) is 2.76. The maximum atomic E-state index is 14.6. The molecule has 2 saturated heterocycles. The molecule has 0 amide bonds. The molecule has 3 atom stereocenters. The third kappa shape index (κ3) is 3.65. The lowest BCUT2D eigenvalue weighted by atomic mass is 10.1. The van der Waals surface area contributed by atoms with Gasteiger partial charge in [0.15, 0.2) is 0 Å². The summed E-state index contributed by atoms with van der Waals surface area (Å²) in [5.41, 5.74) is -1.57. The molecule has 0 aromatic rings. The monoisotopic (exact) mass is 259 g/mol. The highest BCUT2D eigenvalue weighted by atomic mass is 19.1. The topological polar surface area (TPSA) is 21.7 Å². The van der Waals surface area contributed by atoms with E-state index in [9.17, 15) is 4.39 Å². The number of halogens is 1. The number of alkyl halides is 1. The number of nitrogens with zero attached hydrogens (tertiary/aromatic N) is 1. The van der Waals surface area contributed by atoms with Gasteiger partial charge in [-0.3, -0.25) is 4.90 Å². The molecule has 0 saturated carbocycles. The summed E-state index contributed by atoms with van der Waals surface area (Å²) in [6, 6.07) is 0.821. The second-order valence-corrected chi connectivity index (χ2v) is 6.91.